The van der Waals surface area contributed by atoms with Crippen molar-refractivity contribution in [1.82, 2.24) is 4.90 Å². The second-order valence-electron chi connectivity index (χ2n) is 5.11. The maximum Gasteiger partial charge on any atom is 0.308 e. The zero-order valence-corrected chi connectivity index (χ0v) is 13.3. The Morgan fingerprint density at radius 3 is 2.45 bits per heavy atom. The summed E-state index contributed by atoms with van der Waals surface area (Å²) in [6.45, 7) is 3.17. The predicted octanol–water partition coefficient (Wildman–Crippen LogP) is 2.78. The average Bonchev–Trinajstić information content (AvgIpc) is 2.45. The molecule has 1 aliphatic rings. The number of esters is 1. The van der Waals surface area contributed by atoms with E-state index in [1.807, 2.05) is 25.1 Å². The van der Waals surface area contributed by atoms with E-state index < -0.39 is 0 Å². The van der Waals surface area contributed by atoms with Gasteiger partial charge in [0.05, 0.1) is 13.0 Å². The van der Waals surface area contributed by atoms with Crippen molar-refractivity contribution in [2.45, 2.75) is 19.8 Å². The number of benzene rings is 1. The first kappa shape index (κ1) is 15.0. The van der Waals surface area contributed by atoms with Gasteiger partial charge in [0.25, 0.3) is 5.91 Å². The van der Waals surface area contributed by atoms with E-state index >= 15 is 0 Å². The number of ether oxygens (including phenoxy) is 1. The van der Waals surface area contributed by atoms with Crippen LogP contribution in [0, 0.1) is 12.8 Å². The highest BCUT2D eigenvalue weighted by Gasteiger charge is 2.28. The Kier molecular flexibility index (Phi) is 4.81. The predicted molar refractivity (Wildman–Crippen MR) is 79.5 cm³/mol. The molecule has 0 N–H and O–H groups in total. The van der Waals surface area contributed by atoms with Crippen molar-refractivity contribution in [2.24, 2.45) is 5.92 Å². The van der Waals surface area contributed by atoms with Gasteiger partial charge in [-0.25, -0.2) is 0 Å². The highest BCUT2D eigenvalue weighted by Crippen LogP contribution is 2.22. The smallest absolute Gasteiger partial charge is 0.308 e. The first-order valence-corrected chi connectivity index (χ1v) is 7.45. The maximum absolute atomic E-state index is 12.4. The lowest BCUT2D eigenvalue weighted by Gasteiger charge is -2.30. The molecule has 0 saturated carbocycles. The van der Waals surface area contributed by atoms with E-state index in [2.05, 4.69) is 15.9 Å². The Morgan fingerprint density at radius 2 is 1.90 bits per heavy atom. The molecular formula is C15H18BrNO3. The topological polar surface area (TPSA) is 46.6 Å². The molecule has 0 aromatic heterocycles. The number of halogens is 1. The molecule has 1 fully saturated rings. The van der Waals surface area contributed by atoms with Crippen LogP contribution in [-0.4, -0.2) is 37.0 Å². The van der Waals surface area contributed by atoms with E-state index in [1.165, 1.54) is 7.11 Å². The largest absolute Gasteiger partial charge is 0.469 e. The van der Waals surface area contributed by atoms with Crippen LogP contribution in [-0.2, 0) is 9.53 Å². The number of hydrogen-bond donors (Lipinski definition) is 0. The normalized spacial score (nSPS) is 16.1. The lowest BCUT2D eigenvalue weighted by molar-refractivity contribution is -0.146. The molecule has 0 atom stereocenters. The first-order chi connectivity index (χ1) is 9.51. The molecule has 1 aromatic rings. The summed E-state index contributed by atoms with van der Waals surface area (Å²) in [5.74, 6) is -0.221. The molecule has 1 amide bonds. The molecule has 1 heterocycles. The third-order valence-corrected chi connectivity index (χ3v) is 4.06. The molecule has 0 radical (unpaired) electrons. The minimum Gasteiger partial charge on any atom is -0.469 e. The van der Waals surface area contributed by atoms with Crippen LogP contribution in [0.25, 0.3) is 0 Å². The Labute approximate surface area is 127 Å². The molecule has 1 aromatic carbocycles. The van der Waals surface area contributed by atoms with Crippen molar-refractivity contribution in [2.75, 3.05) is 20.2 Å². The minimum absolute atomic E-state index is 0.0257. The van der Waals surface area contributed by atoms with Crippen molar-refractivity contribution in [3.8, 4) is 0 Å². The second-order valence-corrected chi connectivity index (χ2v) is 6.02. The summed E-state index contributed by atoms with van der Waals surface area (Å²) in [5.41, 5.74) is 1.74. The Balaban J connectivity index is 2.03. The van der Waals surface area contributed by atoms with E-state index in [9.17, 15) is 9.59 Å². The number of nitrogens with zero attached hydrogens (tertiary/aromatic N) is 1. The Hall–Kier alpha value is -1.36. The van der Waals surface area contributed by atoms with Crippen LogP contribution in [0.1, 0.15) is 28.8 Å². The summed E-state index contributed by atoms with van der Waals surface area (Å²) in [6.07, 6.45) is 1.34. The maximum atomic E-state index is 12.4. The van der Waals surface area contributed by atoms with Gasteiger partial charge in [0, 0.05) is 23.1 Å². The fourth-order valence-electron chi connectivity index (χ4n) is 2.53. The summed E-state index contributed by atoms with van der Waals surface area (Å²) in [6, 6.07) is 5.70. The van der Waals surface area contributed by atoms with Gasteiger partial charge in [0.1, 0.15) is 0 Å². The van der Waals surface area contributed by atoms with Gasteiger partial charge in [0.2, 0.25) is 0 Å². The molecule has 20 heavy (non-hydrogen) atoms. The van der Waals surface area contributed by atoms with Gasteiger partial charge < -0.3 is 9.64 Å². The third-order valence-electron chi connectivity index (χ3n) is 3.61. The van der Waals surface area contributed by atoms with Gasteiger partial charge in [-0.15, -0.1) is 0 Å². The second kappa shape index (κ2) is 6.39. The van der Waals surface area contributed by atoms with Crippen molar-refractivity contribution in [3.05, 3.63) is 33.8 Å². The van der Waals surface area contributed by atoms with Gasteiger partial charge in [0.15, 0.2) is 0 Å². The van der Waals surface area contributed by atoms with E-state index in [4.69, 9.17) is 4.74 Å². The van der Waals surface area contributed by atoms with Crippen LogP contribution in [0.15, 0.2) is 22.7 Å². The highest BCUT2D eigenvalue weighted by atomic mass is 79.9. The quantitative estimate of drug-likeness (QED) is 0.778. The summed E-state index contributed by atoms with van der Waals surface area (Å²) in [5, 5.41) is 0. The number of carbonyl (C=O) groups excluding carboxylic acids is 2. The number of hydrogen-bond acceptors (Lipinski definition) is 3. The number of likely N-dealkylation sites (tertiary alicyclic amines) is 1. The average molecular weight is 340 g/mol. The molecule has 1 saturated heterocycles. The molecule has 0 aliphatic carbocycles. The molecule has 0 bridgehead atoms. The number of rotatable bonds is 2. The van der Waals surface area contributed by atoms with E-state index in [0.29, 0.717) is 31.5 Å². The van der Waals surface area contributed by atoms with Gasteiger partial charge in [-0.1, -0.05) is 15.9 Å². The number of methoxy groups -OCH3 is 1. The summed E-state index contributed by atoms with van der Waals surface area (Å²) in [7, 11) is 1.41. The van der Waals surface area contributed by atoms with E-state index in [0.717, 1.165) is 10.0 Å². The molecule has 5 heteroatoms. The fourth-order valence-corrected chi connectivity index (χ4v) is 3.14. The van der Waals surface area contributed by atoms with Gasteiger partial charge >= 0.3 is 5.97 Å². The van der Waals surface area contributed by atoms with Crippen LogP contribution in [0.4, 0.5) is 0 Å². The standard InChI is InChI=1S/C15H18BrNO3/c1-10-7-12(9-13(16)8-10)14(18)17-5-3-11(4-6-17)15(19)20-2/h7-9,11H,3-6H2,1-2H3. The SMILES string of the molecule is COC(=O)C1CCN(C(=O)c2cc(C)cc(Br)c2)CC1. The number of aryl methyl sites for hydroxylation is 1. The van der Waals surface area contributed by atoms with Crippen LogP contribution < -0.4 is 0 Å². The van der Waals surface area contributed by atoms with Crippen LogP contribution in [0.2, 0.25) is 0 Å². The fraction of sp³-hybridized carbons (Fsp3) is 0.467. The van der Waals surface area contributed by atoms with E-state index in [-0.39, 0.29) is 17.8 Å². The van der Waals surface area contributed by atoms with Gasteiger partial charge in [-0.2, -0.15) is 0 Å². The number of carbonyl (C=O) groups is 2. The summed E-state index contributed by atoms with van der Waals surface area (Å²) >= 11 is 3.41. The molecule has 4 nitrogen and oxygen atoms in total. The Bertz CT molecular complexity index is 502. The highest BCUT2D eigenvalue weighted by molar-refractivity contribution is 9.10. The van der Waals surface area contributed by atoms with Crippen molar-refractivity contribution < 1.29 is 14.3 Å². The van der Waals surface area contributed by atoms with Crippen LogP contribution >= 0.6 is 15.9 Å². The zero-order chi connectivity index (χ0) is 14.7. The monoisotopic (exact) mass is 339 g/mol. The van der Waals surface area contributed by atoms with Crippen LogP contribution in [0.5, 0.6) is 0 Å². The van der Waals surface area contributed by atoms with E-state index in [1.54, 1.807) is 4.90 Å². The van der Waals surface area contributed by atoms with Crippen molar-refractivity contribution in [1.29, 1.82) is 0 Å². The molecular weight excluding hydrogens is 322 g/mol. The minimum atomic E-state index is -0.171. The van der Waals surface area contributed by atoms with Crippen molar-refractivity contribution in [3.63, 3.8) is 0 Å². The van der Waals surface area contributed by atoms with Gasteiger partial charge in [-0.3, -0.25) is 9.59 Å². The lowest BCUT2D eigenvalue weighted by atomic mass is 9.96. The lowest BCUT2D eigenvalue weighted by Crippen LogP contribution is -2.40. The number of amides is 1. The third kappa shape index (κ3) is 3.39. The summed E-state index contributed by atoms with van der Waals surface area (Å²) < 4.78 is 5.66. The molecule has 1 aliphatic heterocycles. The molecule has 0 unspecified atom stereocenters. The molecule has 2 rings (SSSR count). The van der Waals surface area contributed by atoms with Gasteiger partial charge in [-0.05, 0) is 43.5 Å². The Morgan fingerprint density at radius 1 is 1.25 bits per heavy atom. The van der Waals surface area contributed by atoms with Crippen LogP contribution in [0.3, 0.4) is 0 Å². The molecule has 108 valence electrons. The molecule has 0 spiro atoms. The number of piperidine rings is 1. The summed E-state index contributed by atoms with van der Waals surface area (Å²) in [4.78, 5) is 25.7. The van der Waals surface area contributed by atoms with Crippen molar-refractivity contribution >= 4 is 27.8 Å². The zero-order valence-electron chi connectivity index (χ0n) is 11.7. The first-order valence-electron chi connectivity index (χ1n) is 6.65.